The summed E-state index contributed by atoms with van der Waals surface area (Å²) in [5.41, 5.74) is 1.19. The fourth-order valence-electron chi connectivity index (χ4n) is 2.30. The SMILES string of the molecule is CCCNCc1n[nH]c(C)c1S(=O)(=O)N(CCC)CCC. The first-order valence-corrected chi connectivity index (χ1v) is 9.17. The Morgan fingerprint density at radius 1 is 1.14 bits per heavy atom. The molecule has 0 bridgehead atoms. The van der Waals surface area contributed by atoms with Gasteiger partial charge in [-0.1, -0.05) is 20.8 Å². The maximum Gasteiger partial charge on any atom is 0.246 e. The Morgan fingerprint density at radius 2 is 1.76 bits per heavy atom. The van der Waals surface area contributed by atoms with E-state index in [4.69, 9.17) is 0 Å². The smallest absolute Gasteiger partial charge is 0.246 e. The third kappa shape index (κ3) is 4.52. The highest BCUT2D eigenvalue weighted by molar-refractivity contribution is 7.89. The minimum absolute atomic E-state index is 0.341. The van der Waals surface area contributed by atoms with Crippen molar-refractivity contribution in [3.8, 4) is 0 Å². The zero-order valence-corrected chi connectivity index (χ0v) is 14.4. The molecule has 0 radical (unpaired) electrons. The molecule has 0 amide bonds. The zero-order chi connectivity index (χ0) is 15.9. The van der Waals surface area contributed by atoms with Crippen LogP contribution in [0.2, 0.25) is 0 Å². The van der Waals surface area contributed by atoms with E-state index in [-0.39, 0.29) is 0 Å². The summed E-state index contributed by atoms with van der Waals surface area (Å²) in [7, 11) is -3.48. The largest absolute Gasteiger partial charge is 0.311 e. The minimum Gasteiger partial charge on any atom is -0.311 e. The van der Waals surface area contributed by atoms with Gasteiger partial charge >= 0.3 is 0 Å². The second-order valence-electron chi connectivity index (χ2n) is 5.21. The third-order valence-corrected chi connectivity index (χ3v) is 5.33. The molecule has 0 aromatic carbocycles. The highest BCUT2D eigenvalue weighted by Crippen LogP contribution is 2.22. The van der Waals surface area contributed by atoms with Crippen molar-refractivity contribution in [1.82, 2.24) is 19.8 Å². The molecule has 0 aliphatic heterocycles. The van der Waals surface area contributed by atoms with Gasteiger partial charge in [-0.15, -0.1) is 0 Å². The molecule has 1 aromatic heterocycles. The van der Waals surface area contributed by atoms with Crippen molar-refractivity contribution in [2.24, 2.45) is 0 Å². The van der Waals surface area contributed by atoms with Crippen LogP contribution in [0, 0.1) is 6.92 Å². The number of H-pyrrole nitrogens is 1. The molecule has 21 heavy (non-hydrogen) atoms. The molecule has 0 atom stereocenters. The van der Waals surface area contributed by atoms with Crippen LogP contribution in [0.5, 0.6) is 0 Å². The lowest BCUT2D eigenvalue weighted by molar-refractivity contribution is 0.409. The molecule has 1 rings (SSSR count). The van der Waals surface area contributed by atoms with Gasteiger partial charge in [0.1, 0.15) is 4.90 Å². The van der Waals surface area contributed by atoms with Gasteiger partial charge in [0.25, 0.3) is 0 Å². The first kappa shape index (κ1) is 18.1. The van der Waals surface area contributed by atoms with E-state index in [1.807, 2.05) is 13.8 Å². The minimum atomic E-state index is -3.48. The van der Waals surface area contributed by atoms with Gasteiger partial charge in [-0.05, 0) is 32.7 Å². The van der Waals surface area contributed by atoms with Gasteiger partial charge in [-0.3, -0.25) is 5.10 Å². The summed E-state index contributed by atoms with van der Waals surface area (Å²) >= 11 is 0. The van der Waals surface area contributed by atoms with Gasteiger partial charge in [0, 0.05) is 19.6 Å². The van der Waals surface area contributed by atoms with Crippen molar-refractivity contribution >= 4 is 10.0 Å². The zero-order valence-electron chi connectivity index (χ0n) is 13.6. The first-order chi connectivity index (χ1) is 9.98. The van der Waals surface area contributed by atoms with E-state index < -0.39 is 10.0 Å². The van der Waals surface area contributed by atoms with Gasteiger partial charge in [-0.25, -0.2) is 8.42 Å². The van der Waals surface area contributed by atoms with Crippen LogP contribution in [0.4, 0.5) is 0 Å². The Bertz CT molecular complexity index is 519. The van der Waals surface area contributed by atoms with Crippen LogP contribution in [0.15, 0.2) is 4.90 Å². The van der Waals surface area contributed by atoms with Gasteiger partial charge in [0.05, 0.1) is 11.4 Å². The molecular formula is C14H28N4O2S. The summed E-state index contributed by atoms with van der Waals surface area (Å²) in [5.74, 6) is 0. The fourth-order valence-corrected chi connectivity index (χ4v) is 4.25. The second kappa shape index (κ2) is 8.51. The van der Waals surface area contributed by atoms with E-state index in [9.17, 15) is 8.42 Å². The Labute approximate surface area is 128 Å². The highest BCUT2D eigenvalue weighted by atomic mass is 32.2. The first-order valence-electron chi connectivity index (χ1n) is 7.73. The number of aryl methyl sites for hydroxylation is 1. The van der Waals surface area contributed by atoms with Crippen molar-refractivity contribution in [2.75, 3.05) is 19.6 Å². The molecule has 0 aliphatic rings. The number of sulfonamides is 1. The lowest BCUT2D eigenvalue weighted by Crippen LogP contribution is -2.33. The fraction of sp³-hybridized carbons (Fsp3) is 0.786. The maximum atomic E-state index is 12.9. The molecule has 0 unspecified atom stereocenters. The Balaban J connectivity index is 3.08. The standard InChI is InChI=1S/C14H28N4O2S/c1-5-8-15-11-13-14(12(4)16-17-13)21(19,20)18(9-6-2)10-7-3/h15H,5-11H2,1-4H3,(H,16,17). The van der Waals surface area contributed by atoms with Crippen LogP contribution in [0.3, 0.4) is 0 Å². The quantitative estimate of drug-likeness (QED) is 0.647. The molecule has 0 saturated heterocycles. The van der Waals surface area contributed by atoms with Gasteiger partial charge in [0.2, 0.25) is 10.0 Å². The Kier molecular flexibility index (Phi) is 7.34. The van der Waals surface area contributed by atoms with E-state index in [1.165, 1.54) is 0 Å². The molecule has 1 heterocycles. The van der Waals surface area contributed by atoms with E-state index in [0.29, 0.717) is 35.9 Å². The second-order valence-corrected chi connectivity index (χ2v) is 7.08. The molecule has 0 spiro atoms. The number of rotatable bonds is 10. The lowest BCUT2D eigenvalue weighted by atomic mass is 10.3. The van der Waals surface area contributed by atoms with Crippen molar-refractivity contribution in [2.45, 2.75) is 58.4 Å². The lowest BCUT2D eigenvalue weighted by Gasteiger charge is -2.21. The summed E-state index contributed by atoms with van der Waals surface area (Å²) in [6.07, 6.45) is 2.61. The van der Waals surface area contributed by atoms with Gasteiger partial charge in [0.15, 0.2) is 0 Å². The molecule has 1 aromatic rings. The number of hydrogen-bond donors (Lipinski definition) is 2. The van der Waals surface area contributed by atoms with E-state index in [0.717, 1.165) is 25.8 Å². The monoisotopic (exact) mass is 316 g/mol. The summed E-state index contributed by atoms with van der Waals surface area (Å²) < 4.78 is 27.3. The number of nitrogens with one attached hydrogen (secondary N) is 2. The molecule has 122 valence electrons. The predicted octanol–water partition coefficient (Wildman–Crippen LogP) is 2.03. The molecule has 0 aliphatic carbocycles. The van der Waals surface area contributed by atoms with Gasteiger partial charge < -0.3 is 5.32 Å². The van der Waals surface area contributed by atoms with Crippen molar-refractivity contribution in [3.63, 3.8) is 0 Å². The van der Waals surface area contributed by atoms with E-state index in [2.05, 4.69) is 22.4 Å². The van der Waals surface area contributed by atoms with Crippen molar-refractivity contribution in [1.29, 1.82) is 0 Å². The van der Waals surface area contributed by atoms with Crippen LogP contribution < -0.4 is 5.32 Å². The summed E-state index contributed by atoms with van der Waals surface area (Å²) in [6, 6.07) is 0. The molecule has 6 nitrogen and oxygen atoms in total. The molecule has 2 N–H and O–H groups in total. The summed E-state index contributed by atoms with van der Waals surface area (Å²) in [6.45, 7) is 10.2. The predicted molar refractivity (Wildman–Crippen MR) is 84.7 cm³/mol. The van der Waals surface area contributed by atoms with Crippen LogP contribution in [-0.2, 0) is 16.6 Å². The molecular weight excluding hydrogens is 288 g/mol. The molecule has 7 heteroatoms. The number of aromatic amines is 1. The van der Waals surface area contributed by atoms with Crippen molar-refractivity contribution in [3.05, 3.63) is 11.4 Å². The summed E-state index contributed by atoms with van der Waals surface area (Å²) in [5, 5.41) is 10.2. The van der Waals surface area contributed by atoms with Crippen molar-refractivity contribution < 1.29 is 8.42 Å². The number of nitrogens with zero attached hydrogens (tertiary/aromatic N) is 2. The van der Waals surface area contributed by atoms with Crippen LogP contribution in [0.1, 0.15) is 51.4 Å². The number of hydrogen-bond acceptors (Lipinski definition) is 4. The molecule has 0 fully saturated rings. The highest BCUT2D eigenvalue weighted by Gasteiger charge is 2.29. The Morgan fingerprint density at radius 3 is 2.29 bits per heavy atom. The summed E-state index contributed by atoms with van der Waals surface area (Å²) in [4.78, 5) is 0.341. The van der Waals surface area contributed by atoms with Crippen LogP contribution in [0.25, 0.3) is 0 Å². The third-order valence-electron chi connectivity index (χ3n) is 3.22. The average molecular weight is 316 g/mol. The van der Waals surface area contributed by atoms with E-state index in [1.54, 1.807) is 11.2 Å². The van der Waals surface area contributed by atoms with Gasteiger partial charge in [-0.2, -0.15) is 9.40 Å². The topological polar surface area (TPSA) is 78.1 Å². The number of aromatic nitrogens is 2. The average Bonchev–Trinajstić information content (AvgIpc) is 2.80. The maximum absolute atomic E-state index is 12.9. The van der Waals surface area contributed by atoms with Crippen LogP contribution >= 0.6 is 0 Å². The van der Waals surface area contributed by atoms with E-state index >= 15 is 0 Å². The molecule has 0 saturated carbocycles. The van der Waals surface area contributed by atoms with Crippen LogP contribution in [-0.4, -0.2) is 42.6 Å². The Hall–Kier alpha value is -0.920. The normalized spacial score (nSPS) is 12.2.